The minimum absolute atomic E-state index is 0.0808. The lowest BCUT2D eigenvalue weighted by Gasteiger charge is -2.19. The molecule has 0 aliphatic heterocycles. The van der Waals surface area contributed by atoms with Crippen molar-refractivity contribution in [2.24, 2.45) is 0 Å². The molecule has 0 saturated carbocycles. The van der Waals surface area contributed by atoms with E-state index in [2.05, 4.69) is 31.4 Å². The Labute approximate surface area is 183 Å². The number of amides is 1. The molecular weight excluding hydrogens is 472 g/mol. The number of aryl methyl sites for hydroxylation is 3. The van der Waals surface area contributed by atoms with Crippen LogP contribution in [-0.2, 0) is 14.8 Å². The Balaban J connectivity index is 1.80. The molecule has 30 heavy (non-hydrogen) atoms. The van der Waals surface area contributed by atoms with Crippen LogP contribution in [0.5, 0.6) is 0 Å². The van der Waals surface area contributed by atoms with Crippen molar-refractivity contribution in [2.45, 2.75) is 25.7 Å². The van der Waals surface area contributed by atoms with E-state index in [1.165, 1.54) is 13.1 Å². The van der Waals surface area contributed by atoms with Crippen LogP contribution in [0, 0.1) is 20.8 Å². The number of rotatable bonds is 6. The lowest BCUT2D eigenvalue weighted by Crippen LogP contribution is -2.35. The first kappa shape index (κ1) is 22.1. The molecule has 0 fully saturated rings. The molecule has 10 heteroatoms. The van der Waals surface area contributed by atoms with E-state index < -0.39 is 15.9 Å². The van der Waals surface area contributed by atoms with E-state index in [9.17, 15) is 13.2 Å². The molecule has 0 bridgehead atoms. The van der Waals surface area contributed by atoms with Crippen molar-refractivity contribution in [1.82, 2.24) is 14.4 Å². The Morgan fingerprint density at radius 2 is 1.87 bits per heavy atom. The highest BCUT2D eigenvalue weighted by Crippen LogP contribution is 2.25. The fourth-order valence-electron chi connectivity index (χ4n) is 2.81. The maximum absolute atomic E-state index is 13.1. The Kier molecular flexibility index (Phi) is 6.39. The number of benzene rings is 2. The molecule has 158 valence electrons. The van der Waals surface area contributed by atoms with E-state index in [0.717, 1.165) is 14.3 Å². The minimum Gasteiger partial charge on any atom is -0.339 e. The number of halogens is 1. The van der Waals surface area contributed by atoms with Crippen molar-refractivity contribution in [1.29, 1.82) is 0 Å². The Morgan fingerprint density at radius 1 is 1.13 bits per heavy atom. The molecular formula is C20H21BrN4O4S. The summed E-state index contributed by atoms with van der Waals surface area (Å²) in [7, 11) is -2.55. The standard InChI is InChI=1S/C20H21BrN4O4S/c1-12-5-6-15(20-22-14(3)29-24-20)10-18(12)30(27,28)25(4)11-19(26)23-16-7-8-17(21)13(2)9-16/h5-10H,11H2,1-4H3,(H,23,26). The molecule has 2 aromatic carbocycles. The van der Waals surface area contributed by atoms with Crippen LogP contribution < -0.4 is 5.32 Å². The maximum atomic E-state index is 13.1. The summed E-state index contributed by atoms with van der Waals surface area (Å²) >= 11 is 3.40. The quantitative estimate of drug-likeness (QED) is 0.562. The van der Waals surface area contributed by atoms with Gasteiger partial charge in [-0.3, -0.25) is 4.79 Å². The third-order valence-corrected chi connectivity index (χ3v) is 7.31. The number of likely N-dealkylation sites (N-methyl/N-ethyl adjacent to an activating group) is 1. The zero-order valence-electron chi connectivity index (χ0n) is 16.9. The van der Waals surface area contributed by atoms with Crippen LogP contribution in [0.2, 0.25) is 0 Å². The summed E-state index contributed by atoms with van der Waals surface area (Å²) in [5, 5.41) is 6.55. The predicted molar refractivity (Wildman–Crippen MR) is 117 cm³/mol. The lowest BCUT2D eigenvalue weighted by atomic mass is 10.1. The van der Waals surface area contributed by atoms with Crippen molar-refractivity contribution in [3.05, 3.63) is 57.9 Å². The van der Waals surface area contributed by atoms with Gasteiger partial charge in [0.1, 0.15) is 0 Å². The van der Waals surface area contributed by atoms with Gasteiger partial charge in [0, 0.05) is 29.7 Å². The fourth-order valence-corrected chi connectivity index (χ4v) is 4.43. The molecule has 1 heterocycles. The van der Waals surface area contributed by atoms with Gasteiger partial charge in [0.15, 0.2) is 0 Å². The Morgan fingerprint density at radius 3 is 2.50 bits per heavy atom. The van der Waals surface area contributed by atoms with E-state index in [1.807, 2.05) is 13.0 Å². The molecule has 0 radical (unpaired) electrons. The van der Waals surface area contributed by atoms with Gasteiger partial charge in [0.2, 0.25) is 27.6 Å². The largest absolute Gasteiger partial charge is 0.339 e. The normalized spacial score (nSPS) is 11.7. The molecule has 1 amide bonds. The highest BCUT2D eigenvalue weighted by Gasteiger charge is 2.26. The highest BCUT2D eigenvalue weighted by atomic mass is 79.9. The monoisotopic (exact) mass is 492 g/mol. The van der Waals surface area contributed by atoms with E-state index >= 15 is 0 Å². The second kappa shape index (κ2) is 8.66. The summed E-state index contributed by atoms with van der Waals surface area (Å²) in [6.45, 7) is 4.91. The molecule has 8 nitrogen and oxygen atoms in total. The predicted octanol–water partition coefficient (Wildman–Crippen LogP) is 3.68. The van der Waals surface area contributed by atoms with Crippen molar-refractivity contribution in [2.75, 3.05) is 18.9 Å². The van der Waals surface area contributed by atoms with Gasteiger partial charge < -0.3 is 9.84 Å². The first-order chi connectivity index (χ1) is 14.1. The summed E-state index contributed by atoms with van der Waals surface area (Å²) in [5.41, 5.74) is 2.61. The van der Waals surface area contributed by atoms with Crippen LogP contribution in [-0.4, -0.2) is 42.4 Å². The molecule has 0 unspecified atom stereocenters. The molecule has 0 aliphatic carbocycles. The number of nitrogens with zero attached hydrogens (tertiary/aromatic N) is 3. The summed E-state index contributed by atoms with van der Waals surface area (Å²) in [5.74, 6) is 0.243. The average molecular weight is 493 g/mol. The molecule has 0 aliphatic rings. The van der Waals surface area contributed by atoms with Gasteiger partial charge in [-0.15, -0.1) is 0 Å². The average Bonchev–Trinajstić information content (AvgIpc) is 3.11. The number of anilines is 1. The zero-order valence-corrected chi connectivity index (χ0v) is 19.3. The van der Waals surface area contributed by atoms with Gasteiger partial charge in [-0.1, -0.05) is 33.2 Å². The topological polar surface area (TPSA) is 105 Å². The summed E-state index contributed by atoms with van der Waals surface area (Å²) in [4.78, 5) is 16.6. The second-order valence-corrected chi connectivity index (χ2v) is 9.76. The molecule has 0 spiro atoms. The van der Waals surface area contributed by atoms with Crippen molar-refractivity contribution in [3.8, 4) is 11.4 Å². The molecule has 0 atom stereocenters. The molecule has 0 saturated heterocycles. The van der Waals surface area contributed by atoms with E-state index in [-0.39, 0.29) is 11.4 Å². The Bertz CT molecular complexity index is 1210. The van der Waals surface area contributed by atoms with E-state index in [1.54, 1.807) is 38.1 Å². The number of carbonyl (C=O) groups is 1. The number of sulfonamides is 1. The smallest absolute Gasteiger partial charge is 0.243 e. The van der Waals surface area contributed by atoms with Gasteiger partial charge in [0.05, 0.1) is 11.4 Å². The number of hydrogen-bond donors (Lipinski definition) is 1. The first-order valence-corrected chi connectivity index (χ1v) is 11.2. The first-order valence-electron chi connectivity index (χ1n) is 9.01. The number of hydrogen-bond acceptors (Lipinski definition) is 6. The lowest BCUT2D eigenvalue weighted by molar-refractivity contribution is -0.116. The van der Waals surface area contributed by atoms with Gasteiger partial charge >= 0.3 is 0 Å². The molecule has 3 aromatic rings. The highest BCUT2D eigenvalue weighted by molar-refractivity contribution is 9.10. The Hall–Kier alpha value is -2.56. The summed E-state index contributed by atoms with van der Waals surface area (Å²) in [6.07, 6.45) is 0. The molecule has 1 N–H and O–H groups in total. The van der Waals surface area contributed by atoms with Crippen molar-refractivity contribution >= 4 is 37.5 Å². The number of aromatic nitrogens is 2. The maximum Gasteiger partial charge on any atom is 0.243 e. The second-order valence-electron chi connectivity index (χ2n) is 6.89. The van der Waals surface area contributed by atoms with Crippen molar-refractivity contribution in [3.63, 3.8) is 0 Å². The van der Waals surface area contributed by atoms with Crippen LogP contribution in [0.25, 0.3) is 11.4 Å². The SMILES string of the molecule is Cc1nc(-c2ccc(C)c(S(=O)(=O)N(C)CC(=O)Nc3ccc(Br)c(C)c3)c2)no1. The number of nitrogens with one attached hydrogen (secondary N) is 1. The zero-order chi connectivity index (χ0) is 22.1. The van der Waals surface area contributed by atoms with Crippen LogP contribution in [0.4, 0.5) is 5.69 Å². The van der Waals surface area contributed by atoms with Crippen LogP contribution in [0.3, 0.4) is 0 Å². The van der Waals surface area contributed by atoms with E-state index in [0.29, 0.717) is 28.5 Å². The van der Waals surface area contributed by atoms with Gasteiger partial charge in [-0.05, 0) is 49.2 Å². The van der Waals surface area contributed by atoms with E-state index in [4.69, 9.17) is 4.52 Å². The third-order valence-electron chi connectivity index (χ3n) is 4.47. The number of carbonyl (C=O) groups excluding carboxylic acids is 1. The molecule has 3 rings (SSSR count). The summed E-state index contributed by atoms with van der Waals surface area (Å²) < 4.78 is 33.1. The third kappa shape index (κ3) is 4.77. The van der Waals surface area contributed by atoms with Crippen LogP contribution in [0.15, 0.2) is 50.3 Å². The molecule has 1 aromatic heterocycles. The van der Waals surface area contributed by atoms with Gasteiger partial charge in [-0.25, -0.2) is 8.42 Å². The van der Waals surface area contributed by atoms with Crippen LogP contribution in [0.1, 0.15) is 17.0 Å². The van der Waals surface area contributed by atoms with Gasteiger partial charge in [0.25, 0.3) is 0 Å². The minimum atomic E-state index is -3.92. The summed E-state index contributed by atoms with van der Waals surface area (Å²) in [6, 6.07) is 10.2. The fraction of sp³-hybridized carbons (Fsp3) is 0.250. The van der Waals surface area contributed by atoms with Crippen LogP contribution >= 0.6 is 15.9 Å². The van der Waals surface area contributed by atoms with Crippen molar-refractivity contribution < 1.29 is 17.7 Å². The van der Waals surface area contributed by atoms with Gasteiger partial charge in [-0.2, -0.15) is 9.29 Å².